The van der Waals surface area contributed by atoms with Crippen LogP contribution in [-0.4, -0.2) is 64.1 Å². The van der Waals surface area contributed by atoms with E-state index in [4.69, 9.17) is 9.15 Å². The number of rotatable bonds is 10. The molecule has 0 radical (unpaired) electrons. The van der Waals surface area contributed by atoms with Gasteiger partial charge in [-0.3, -0.25) is 9.69 Å². The monoisotopic (exact) mass is 512 g/mol. The van der Waals surface area contributed by atoms with Crippen molar-refractivity contribution in [1.29, 1.82) is 0 Å². The number of ether oxygens (including phenoxy) is 1. The maximum atomic E-state index is 13.9. The molecule has 36 heavy (non-hydrogen) atoms. The Morgan fingerprint density at radius 1 is 1.17 bits per heavy atom. The molecule has 0 amide bonds. The number of carbonyl (C=O) groups is 1. The van der Waals surface area contributed by atoms with Gasteiger partial charge in [0.2, 0.25) is 11.2 Å². The normalized spacial score (nSPS) is 11.6. The van der Waals surface area contributed by atoms with E-state index in [0.29, 0.717) is 28.1 Å². The summed E-state index contributed by atoms with van der Waals surface area (Å²) in [6, 6.07) is 8.99. The number of fused-ring (bicyclic) bond motifs is 2. The zero-order valence-electron chi connectivity index (χ0n) is 20.1. The number of phenolic OH excluding ortho intramolecular Hbond substituents is 1. The quantitative estimate of drug-likeness (QED) is 0.274. The average molecular weight is 513 g/mol. The Hall–Kier alpha value is -3.31. The van der Waals surface area contributed by atoms with E-state index in [-0.39, 0.29) is 67.5 Å². The van der Waals surface area contributed by atoms with Crippen molar-refractivity contribution in [1.82, 2.24) is 9.88 Å². The van der Waals surface area contributed by atoms with Gasteiger partial charge in [-0.05, 0) is 37.1 Å². The predicted octanol–water partition coefficient (Wildman–Crippen LogP) is 3.30. The molecule has 0 aliphatic rings. The molecular weight excluding hydrogens is 484 g/mol. The number of aliphatic hydroxyl groups excluding tert-OH is 2. The number of nitrogens with zero attached hydrogens (tertiary/aromatic N) is 2. The number of aromatic hydroxyl groups is 1. The maximum absolute atomic E-state index is 13.9. The third kappa shape index (κ3) is 4.85. The van der Waals surface area contributed by atoms with Gasteiger partial charge in [0.1, 0.15) is 21.9 Å². The molecule has 2 heterocycles. The Balaban J connectivity index is 2.04. The Kier molecular flexibility index (Phi) is 8.00. The second-order valence-corrected chi connectivity index (χ2v) is 9.19. The van der Waals surface area contributed by atoms with Crippen LogP contribution in [0.2, 0.25) is 0 Å². The summed E-state index contributed by atoms with van der Waals surface area (Å²) in [5, 5.41) is 30.5. The molecule has 0 bridgehead atoms. The number of hydrogen-bond acceptors (Lipinski definition) is 10. The van der Waals surface area contributed by atoms with Crippen molar-refractivity contribution in [2.75, 3.05) is 32.9 Å². The van der Waals surface area contributed by atoms with E-state index in [0.717, 1.165) is 4.70 Å². The highest BCUT2D eigenvalue weighted by atomic mass is 32.1. The minimum Gasteiger partial charge on any atom is -0.507 e. The fourth-order valence-corrected chi connectivity index (χ4v) is 5.16. The Labute approximate surface area is 211 Å². The van der Waals surface area contributed by atoms with Crippen molar-refractivity contribution in [2.24, 2.45) is 0 Å². The molecule has 10 heteroatoms. The van der Waals surface area contributed by atoms with E-state index in [1.165, 1.54) is 11.3 Å². The van der Waals surface area contributed by atoms with Crippen LogP contribution in [0.4, 0.5) is 0 Å². The van der Waals surface area contributed by atoms with Gasteiger partial charge in [-0.25, -0.2) is 9.78 Å². The number of phenols is 1. The smallest absolute Gasteiger partial charge is 0.375 e. The van der Waals surface area contributed by atoms with E-state index in [1.54, 1.807) is 17.9 Å². The summed E-state index contributed by atoms with van der Waals surface area (Å²) in [5.41, 5.74) is 1.15. The van der Waals surface area contributed by atoms with Crippen LogP contribution in [0.25, 0.3) is 31.8 Å². The summed E-state index contributed by atoms with van der Waals surface area (Å²) in [6.45, 7) is 3.81. The standard InChI is InChI=1S/C26H28N2O7S/c1-3-15-13-16-22(32)20(25-27-18-7-5-6-8-19(18)36-25)24(26(33)34-4-2)35-23(16)17(21(15)31)14-28(9-11-29)10-12-30/h5-8,13,29-31H,3-4,9-12,14H2,1-2H3. The van der Waals surface area contributed by atoms with E-state index in [2.05, 4.69) is 4.98 Å². The fraction of sp³-hybridized carbons (Fsp3) is 0.346. The van der Waals surface area contributed by atoms with Crippen molar-refractivity contribution in [3.8, 4) is 16.3 Å². The van der Waals surface area contributed by atoms with Crippen molar-refractivity contribution in [3.63, 3.8) is 0 Å². The summed E-state index contributed by atoms with van der Waals surface area (Å²) >= 11 is 1.27. The number of esters is 1. The van der Waals surface area contributed by atoms with E-state index in [1.807, 2.05) is 31.2 Å². The summed E-state index contributed by atoms with van der Waals surface area (Å²) < 4.78 is 12.1. The molecule has 0 aliphatic carbocycles. The minimum absolute atomic E-state index is 0.0171. The molecule has 0 unspecified atom stereocenters. The number of hydrogen-bond donors (Lipinski definition) is 3. The number of aryl methyl sites for hydroxylation is 1. The lowest BCUT2D eigenvalue weighted by molar-refractivity contribution is 0.0492. The molecule has 2 aromatic heterocycles. The number of para-hydroxylation sites is 1. The molecule has 4 rings (SSSR count). The second kappa shape index (κ2) is 11.2. The Bertz CT molecular complexity index is 1420. The lowest BCUT2D eigenvalue weighted by Crippen LogP contribution is -2.29. The van der Waals surface area contributed by atoms with E-state index < -0.39 is 11.4 Å². The van der Waals surface area contributed by atoms with Gasteiger partial charge < -0.3 is 24.5 Å². The first-order valence-corrected chi connectivity index (χ1v) is 12.6. The molecule has 4 aromatic rings. The average Bonchev–Trinajstić information content (AvgIpc) is 3.29. The number of aromatic nitrogens is 1. The number of benzene rings is 2. The molecule has 0 saturated carbocycles. The van der Waals surface area contributed by atoms with Gasteiger partial charge in [0.05, 0.1) is 41.0 Å². The molecule has 0 saturated heterocycles. The first-order chi connectivity index (χ1) is 17.4. The fourth-order valence-electron chi connectivity index (χ4n) is 4.15. The molecule has 0 spiro atoms. The Morgan fingerprint density at radius 3 is 2.53 bits per heavy atom. The largest absolute Gasteiger partial charge is 0.507 e. The highest BCUT2D eigenvalue weighted by molar-refractivity contribution is 7.21. The topological polar surface area (TPSA) is 133 Å². The maximum Gasteiger partial charge on any atom is 0.375 e. The van der Waals surface area contributed by atoms with Crippen LogP contribution >= 0.6 is 11.3 Å². The van der Waals surface area contributed by atoms with Crippen LogP contribution in [0, 0.1) is 0 Å². The highest BCUT2D eigenvalue weighted by Crippen LogP contribution is 2.36. The van der Waals surface area contributed by atoms with Crippen molar-refractivity contribution >= 4 is 38.5 Å². The first-order valence-electron chi connectivity index (χ1n) is 11.7. The third-order valence-corrected chi connectivity index (χ3v) is 6.95. The van der Waals surface area contributed by atoms with Gasteiger partial charge in [0, 0.05) is 19.6 Å². The third-order valence-electron chi connectivity index (χ3n) is 5.89. The number of aliphatic hydroxyl groups is 2. The van der Waals surface area contributed by atoms with Crippen LogP contribution in [0.5, 0.6) is 5.75 Å². The van der Waals surface area contributed by atoms with Crippen LogP contribution in [-0.2, 0) is 17.7 Å². The van der Waals surface area contributed by atoms with Gasteiger partial charge >= 0.3 is 5.97 Å². The van der Waals surface area contributed by atoms with E-state index in [9.17, 15) is 24.9 Å². The lowest BCUT2D eigenvalue weighted by Gasteiger charge is -2.22. The second-order valence-electron chi connectivity index (χ2n) is 8.16. The van der Waals surface area contributed by atoms with Crippen molar-refractivity contribution < 1.29 is 29.3 Å². The van der Waals surface area contributed by atoms with Gasteiger partial charge in [-0.15, -0.1) is 11.3 Å². The van der Waals surface area contributed by atoms with Crippen LogP contribution in [0.3, 0.4) is 0 Å². The van der Waals surface area contributed by atoms with Crippen molar-refractivity contribution in [2.45, 2.75) is 26.8 Å². The molecule has 190 valence electrons. The summed E-state index contributed by atoms with van der Waals surface area (Å²) in [6.07, 6.45) is 0.449. The van der Waals surface area contributed by atoms with Gasteiger partial charge in [0.25, 0.3) is 0 Å². The predicted molar refractivity (Wildman–Crippen MR) is 138 cm³/mol. The molecule has 0 fully saturated rings. The van der Waals surface area contributed by atoms with Gasteiger partial charge in [-0.2, -0.15) is 0 Å². The lowest BCUT2D eigenvalue weighted by atomic mass is 10.00. The SMILES string of the molecule is CCOC(=O)c1oc2c(CN(CCO)CCO)c(O)c(CC)cc2c(=O)c1-c1nc2ccccc2s1. The van der Waals surface area contributed by atoms with E-state index >= 15 is 0 Å². The molecule has 3 N–H and O–H groups in total. The molecule has 2 aromatic carbocycles. The first kappa shape index (κ1) is 25.8. The van der Waals surface area contributed by atoms with Gasteiger partial charge in [-0.1, -0.05) is 19.1 Å². The van der Waals surface area contributed by atoms with Crippen molar-refractivity contribution in [3.05, 3.63) is 57.4 Å². The highest BCUT2D eigenvalue weighted by Gasteiger charge is 2.28. The van der Waals surface area contributed by atoms with Crippen LogP contribution < -0.4 is 5.43 Å². The molecule has 0 aliphatic heterocycles. The van der Waals surface area contributed by atoms with Gasteiger partial charge in [0.15, 0.2) is 0 Å². The zero-order valence-corrected chi connectivity index (χ0v) is 20.9. The van der Waals surface area contributed by atoms with Crippen LogP contribution in [0.1, 0.15) is 35.5 Å². The molecule has 0 atom stereocenters. The van der Waals surface area contributed by atoms with Crippen LogP contribution in [0.15, 0.2) is 39.5 Å². The summed E-state index contributed by atoms with van der Waals surface area (Å²) in [7, 11) is 0. The molecule has 9 nitrogen and oxygen atoms in total. The molecular formula is C26H28N2O7S. The zero-order chi connectivity index (χ0) is 25.8. The summed E-state index contributed by atoms with van der Waals surface area (Å²) in [5.74, 6) is -1.15. The minimum atomic E-state index is -0.807. The summed E-state index contributed by atoms with van der Waals surface area (Å²) in [4.78, 5) is 33.2. The number of thiazole rings is 1. The Morgan fingerprint density at radius 2 is 1.89 bits per heavy atom. The number of carbonyl (C=O) groups excluding carboxylic acids is 1.